The first-order valence-electron chi connectivity index (χ1n) is 7.88. The van der Waals surface area contributed by atoms with Crippen LogP contribution >= 0.6 is 0 Å². The molecule has 0 aliphatic rings. The lowest BCUT2D eigenvalue weighted by atomic mass is 9.76. The van der Waals surface area contributed by atoms with E-state index in [1.165, 1.54) is 25.7 Å². The van der Waals surface area contributed by atoms with Crippen molar-refractivity contribution in [2.75, 3.05) is 0 Å². The molecule has 18 heavy (non-hydrogen) atoms. The molecule has 3 atom stereocenters. The van der Waals surface area contributed by atoms with Crippen LogP contribution in [0.25, 0.3) is 0 Å². The van der Waals surface area contributed by atoms with Crippen molar-refractivity contribution in [3.05, 3.63) is 0 Å². The minimum absolute atomic E-state index is 0.591. The van der Waals surface area contributed by atoms with E-state index in [-0.39, 0.29) is 0 Å². The van der Waals surface area contributed by atoms with Crippen molar-refractivity contribution in [1.82, 2.24) is 0 Å². The lowest BCUT2D eigenvalue weighted by molar-refractivity contribution is 0.236. The van der Waals surface area contributed by atoms with E-state index in [2.05, 4.69) is 53.4 Å². The maximum Gasteiger partial charge on any atom is 0.0233 e. The van der Waals surface area contributed by atoms with Gasteiger partial charge in [0.1, 0.15) is 0 Å². The van der Waals surface area contributed by atoms with Crippen molar-refractivity contribution in [1.29, 1.82) is 0 Å². The molecule has 0 nitrogen and oxygen atoms in total. The molecule has 0 spiro atoms. The Morgan fingerprint density at radius 1 is 0.889 bits per heavy atom. The van der Waals surface area contributed by atoms with Crippen LogP contribution in [-0.2, 0) is 0 Å². The van der Waals surface area contributed by atoms with Gasteiger partial charge in [-0.3, -0.25) is 0 Å². The highest BCUT2D eigenvalue weighted by Gasteiger charge is 2.23. The Morgan fingerprint density at radius 2 is 1.44 bits per heavy atom. The Hall–Kier alpha value is -0.440. The van der Waals surface area contributed by atoms with Gasteiger partial charge in [0.15, 0.2) is 0 Å². The molecule has 3 unspecified atom stereocenters. The SMILES string of the molecule is CC#CC(CC(CC)CC)C(C)C(C)CC(C)C. The fraction of sp³-hybridized carbons (Fsp3) is 0.889. The van der Waals surface area contributed by atoms with E-state index in [1.54, 1.807) is 0 Å². The number of hydrogen-bond acceptors (Lipinski definition) is 0. The second-order valence-corrected chi connectivity index (χ2v) is 6.39. The summed E-state index contributed by atoms with van der Waals surface area (Å²) in [5.41, 5.74) is 0. The van der Waals surface area contributed by atoms with Crippen LogP contribution in [-0.4, -0.2) is 0 Å². The fourth-order valence-electron chi connectivity index (χ4n) is 2.93. The van der Waals surface area contributed by atoms with Gasteiger partial charge in [-0.2, -0.15) is 0 Å². The molecule has 0 rings (SSSR count). The zero-order valence-corrected chi connectivity index (χ0v) is 13.7. The average Bonchev–Trinajstić information content (AvgIpc) is 2.32. The van der Waals surface area contributed by atoms with Gasteiger partial charge in [-0.05, 0) is 43.4 Å². The third-order valence-corrected chi connectivity index (χ3v) is 4.45. The highest BCUT2D eigenvalue weighted by molar-refractivity contribution is 5.03. The van der Waals surface area contributed by atoms with Gasteiger partial charge in [-0.1, -0.05) is 60.3 Å². The maximum absolute atomic E-state index is 3.49. The Balaban J connectivity index is 4.60. The summed E-state index contributed by atoms with van der Waals surface area (Å²) in [6.45, 7) is 16.1. The summed E-state index contributed by atoms with van der Waals surface area (Å²) in [6.07, 6.45) is 5.21. The summed E-state index contributed by atoms with van der Waals surface area (Å²) in [4.78, 5) is 0. The third kappa shape index (κ3) is 6.48. The van der Waals surface area contributed by atoms with Crippen molar-refractivity contribution in [3.63, 3.8) is 0 Å². The van der Waals surface area contributed by atoms with E-state index in [0.717, 1.165) is 23.7 Å². The van der Waals surface area contributed by atoms with Crippen LogP contribution in [0.3, 0.4) is 0 Å². The summed E-state index contributed by atoms with van der Waals surface area (Å²) in [5.74, 6) is 10.4. The lowest BCUT2D eigenvalue weighted by Crippen LogP contribution is -2.21. The molecular formula is C18H34. The molecule has 0 aliphatic carbocycles. The van der Waals surface area contributed by atoms with E-state index < -0.39 is 0 Å². The highest BCUT2D eigenvalue weighted by Crippen LogP contribution is 2.31. The molecule has 0 radical (unpaired) electrons. The van der Waals surface area contributed by atoms with Gasteiger partial charge in [-0.25, -0.2) is 0 Å². The zero-order chi connectivity index (χ0) is 14.1. The molecule has 0 aromatic rings. The van der Waals surface area contributed by atoms with E-state index >= 15 is 0 Å². The van der Waals surface area contributed by atoms with Crippen molar-refractivity contribution in [2.45, 2.75) is 74.1 Å². The Morgan fingerprint density at radius 3 is 1.83 bits per heavy atom. The van der Waals surface area contributed by atoms with Gasteiger partial charge in [0, 0.05) is 5.92 Å². The largest absolute Gasteiger partial charge is 0.106 e. The number of hydrogen-bond donors (Lipinski definition) is 0. The van der Waals surface area contributed by atoms with Crippen LogP contribution in [0, 0.1) is 41.4 Å². The Kier molecular flexibility index (Phi) is 9.25. The molecule has 0 fully saturated rings. The summed E-state index contributed by atoms with van der Waals surface area (Å²) >= 11 is 0. The molecule has 0 aromatic carbocycles. The second kappa shape index (κ2) is 9.48. The van der Waals surface area contributed by atoms with Gasteiger partial charge < -0.3 is 0 Å². The molecule has 0 aromatic heterocycles. The first-order valence-corrected chi connectivity index (χ1v) is 7.88. The normalized spacial score (nSPS) is 16.3. The predicted molar refractivity (Wildman–Crippen MR) is 83.4 cm³/mol. The van der Waals surface area contributed by atoms with E-state index in [4.69, 9.17) is 0 Å². The van der Waals surface area contributed by atoms with Gasteiger partial charge in [0.05, 0.1) is 0 Å². The number of rotatable bonds is 8. The van der Waals surface area contributed by atoms with E-state index in [1.807, 2.05) is 6.92 Å². The Labute approximate surface area is 116 Å². The van der Waals surface area contributed by atoms with Crippen molar-refractivity contribution in [2.24, 2.45) is 29.6 Å². The average molecular weight is 250 g/mol. The highest BCUT2D eigenvalue weighted by atomic mass is 14.3. The minimum atomic E-state index is 0.591. The molecule has 0 saturated heterocycles. The van der Waals surface area contributed by atoms with Gasteiger partial charge >= 0.3 is 0 Å². The monoisotopic (exact) mass is 250 g/mol. The second-order valence-electron chi connectivity index (χ2n) is 6.39. The van der Waals surface area contributed by atoms with Crippen molar-refractivity contribution >= 4 is 0 Å². The summed E-state index contributed by atoms with van der Waals surface area (Å²) in [5, 5.41) is 0. The molecule has 0 amide bonds. The summed E-state index contributed by atoms with van der Waals surface area (Å²) in [6, 6.07) is 0. The van der Waals surface area contributed by atoms with Crippen LogP contribution in [0.5, 0.6) is 0 Å². The van der Waals surface area contributed by atoms with E-state index in [9.17, 15) is 0 Å². The van der Waals surface area contributed by atoms with Crippen molar-refractivity contribution < 1.29 is 0 Å². The molecule has 0 heteroatoms. The molecular weight excluding hydrogens is 216 g/mol. The first-order chi connectivity index (χ1) is 8.46. The molecule has 106 valence electrons. The lowest BCUT2D eigenvalue weighted by Gasteiger charge is -2.29. The van der Waals surface area contributed by atoms with Crippen LogP contribution in [0.15, 0.2) is 0 Å². The Bertz CT molecular complexity index is 249. The standard InChI is InChI=1S/C18H34/c1-8-11-18(13-17(9-2)10-3)16(7)15(6)12-14(4)5/h14-18H,9-10,12-13H2,1-7H3. The minimum Gasteiger partial charge on any atom is -0.106 e. The topological polar surface area (TPSA) is 0 Å². The van der Waals surface area contributed by atoms with E-state index in [0.29, 0.717) is 5.92 Å². The first kappa shape index (κ1) is 17.6. The summed E-state index contributed by atoms with van der Waals surface area (Å²) in [7, 11) is 0. The van der Waals surface area contributed by atoms with Crippen LogP contribution in [0.2, 0.25) is 0 Å². The third-order valence-electron chi connectivity index (χ3n) is 4.45. The van der Waals surface area contributed by atoms with Gasteiger partial charge in [0.25, 0.3) is 0 Å². The molecule has 0 aliphatic heterocycles. The van der Waals surface area contributed by atoms with Crippen LogP contribution in [0.4, 0.5) is 0 Å². The fourth-order valence-corrected chi connectivity index (χ4v) is 2.93. The van der Waals surface area contributed by atoms with Crippen LogP contribution < -0.4 is 0 Å². The zero-order valence-electron chi connectivity index (χ0n) is 13.7. The molecule has 0 bridgehead atoms. The van der Waals surface area contributed by atoms with Gasteiger partial charge in [0.2, 0.25) is 0 Å². The van der Waals surface area contributed by atoms with Gasteiger partial charge in [-0.15, -0.1) is 5.92 Å². The predicted octanol–water partition coefficient (Wildman–Crippen LogP) is 5.77. The maximum atomic E-state index is 3.49. The van der Waals surface area contributed by atoms with Crippen LogP contribution in [0.1, 0.15) is 74.1 Å². The quantitative estimate of drug-likeness (QED) is 0.480. The van der Waals surface area contributed by atoms with Crippen molar-refractivity contribution in [3.8, 4) is 11.8 Å². The smallest absolute Gasteiger partial charge is 0.0233 e. The molecule has 0 saturated carbocycles. The molecule has 0 heterocycles. The summed E-state index contributed by atoms with van der Waals surface area (Å²) < 4.78 is 0. The molecule has 0 N–H and O–H groups in total.